The lowest BCUT2D eigenvalue weighted by Gasteiger charge is -2.18. The third-order valence-electron chi connectivity index (χ3n) is 3.71. The number of aromatic nitrogens is 2. The maximum atomic E-state index is 4.76. The van der Waals surface area contributed by atoms with E-state index in [1.165, 1.54) is 11.3 Å². The quantitative estimate of drug-likeness (QED) is 0.798. The maximum Gasteiger partial charge on any atom is 0.134 e. The SMILES string of the molecule is CCCNc1nc(CCN(CC)CC)nc2c1CSC2. The first-order chi connectivity index (χ1) is 9.78. The van der Waals surface area contributed by atoms with Crippen LogP contribution in [0.5, 0.6) is 0 Å². The molecule has 0 aromatic carbocycles. The van der Waals surface area contributed by atoms with Crippen molar-refractivity contribution in [3.8, 4) is 0 Å². The van der Waals surface area contributed by atoms with Gasteiger partial charge in [-0.2, -0.15) is 11.8 Å². The summed E-state index contributed by atoms with van der Waals surface area (Å²) in [5.41, 5.74) is 2.58. The van der Waals surface area contributed by atoms with Crippen molar-refractivity contribution in [1.29, 1.82) is 0 Å². The number of nitrogens with one attached hydrogen (secondary N) is 1. The van der Waals surface area contributed by atoms with Gasteiger partial charge in [-0.3, -0.25) is 0 Å². The first kappa shape index (κ1) is 15.6. The van der Waals surface area contributed by atoms with Crippen LogP contribution in [0, 0.1) is 0 Å². The van der Waals surface area contributed by atoms with Crippen LogP contribution >= 0.6 is 11.8 Å². The van der Waals surface area contributed by atoms with E-state index in [-0.39, 0.29) is 0 Å². The van der Waals surface area contributed by atoms with Crippen molar-refractivity contribution in [2.75, 3.05) is 31.5 Å². The summed E-state index contributed by atoms with van der Waals surface area (Å²) in [5, 5.41) is 3.47. The van der Waals surface area contributed by atoms with Crippen LogP contribution in [0.3, 0.4) is 0 Å². The van der Waals surface area contributed by atoms with Crippen LogP contribution in [0.25, 0.3) is 0 Å². The van der Waals surface area contributed by atoms with E-state index in [9.17, 15) is 0 Å². The van der Waals surface area contributed by atoms with Gasteiger partial charge in [0, 0.05) is 36.6 Å². The molecule has 0 spiro atoms. The Morgan fingerprint density at radius 3 is 2.65 bits per heavy atom. The molecule has 112 valence electrons. The van der Waals surface area contributed by atoms with Crippen molar-refractivity contribution in [2.24, 2.45) is 0 Å². The molecule has 0 amide bonds. The van der Waals surface area contributed by atoms with E-state index in [1.807, 2.05) is 11.8 Å². The van der Waals surface area contributed by atoms with Crippen LogP contribution < -0.4 is 5.32 Å². The van der Waals surface area contributed by atoms with Gasteiger partial charge in [0.15, 0.2) is 0 Å². The number of likely N-dealkylation sites (N-methyl/N-ethyl adjacent to an activating group) is 1. The Morgan fingerprint density at radius 1 is 1.15 bits per heavy atom. The van der Waals surface area contributed by atoms with Gasteiger partial charge in [-0.25, -0.2) is 9.97 Å². The van der Waals surface area contributed by atoms with Crippen LogP contribution in [0.4, 0.5) is 5.82 Å². The molecule has 1 N–H and O–H groups in total. The second-order valence-electron chi connectivity index (χ2n) is 5.11. The number of thioether (sulfide) groups is 1. The molecule has 1 aliphatic heterocycles. The van der Waals surface area contributed by atoms with Crippen molar-refractivity contribution >= 4 is 17.6 Å². The van der Waals surface area contributed by atoms with Crippen molar-refractivity contribution in [2.45, 2.75) is 45.1 Å². The maximum absolute atomic E-state index is 4.76. The Balaban J connectivity index is 2.09. The standard InChI is InChI=1S/C15H26N4S/c1-4-8-16-15-12-10-20-11-13(12)17-14(18-15)7-9-19(5-2)6-3/h4-11H2,1-3H3,(H,16,17,18). The molecule has 0 unspecified atom stereocenters. The summed E-state index contributed by atoms with van der Waals surface area (Å²) in [6, 6.07) is 0. The van der Waals surface area contributed by atoms with Gasteiger partial charge in [0.1, 0.15) is 11.6 Å². The van der Waals surface area contributed by atoms with Gasteiger partial charge in [0.05, 0.1) is 5.69 Å². The molecule has 1 aromatic heterocycles. The molecular formula is C15H26N4S. The molecule has 20 heavy (non-hydrogen) atoms. The normalized spacial score (nSPS) is 13.8. The summed E-state index contributed by atoms with van der Waals surface area (Å²) < 4.78 is 0. The molecule has 2 rings (SSSR count). The zero-order valence-electron chi connectivity index (χ0n) is 12.9. The predicted octanol–water partition coefficient (Wildman–Crippen LogP) is 2.93. The van der Waals surface area contributed by atoms with Crippen LogP contribution in [0.15, 0.2) is 0 Å². The summed E-state index contributed by atoms with van der Waals surface area (Å²) >= 11 is 1.94. The van der Waals surface area contributed by atoms with E-state index in [4.69, 9.17) is 9.97 Å². The second kappa shape index (κ2) is 7.84. The first-order valence-electron chi connectivity index (χ1n) is 7.71. The van der Waals surface area contributed by atoms with Gasteiger partial charge in [-0.1, -0.05) is 20.8 Å². The number of nitrogens with zero attached hydrogens (tertiary/aromatic N) is 3. The van der Waals surface area contributed by atoms with Crippen LogP contribution in [-0.2, 0) is 17.9 Å². The Hall–Kier alpha value is -0.810. The number of rotatable bonds is 8. The average Bonchev–Trinajstić information content (AvgIpc) is 2.94. The molecule has 0 bridgehead atoms. The topological polar surface area (TPSA) is 41.1 Å². The number of hydrogen-bond acceptors (Lipinski definition) is 5. The molecule has 4 nitrogen and oxygen atoms in total. The Bertz CT molecular complexity index is 432. The summed E-state index contributed by atoms with van der Waals surface area (Å²) in [7, 11) is 0. The van der Waals surface area contributed by atoms with Crippen molar-refractivity contribution in [1.82, 2.24) is 14.9 Å². The first-order valence-corrected chi connectivity index (χ1v) is 8.86. The molecule has 0 atom stereocenters. The molecule has 0 radical (unpaired) electrons. The Labute approximate surface area is 126 Å². The molecule has 0 fully saturated rings. The third kappa shape index (κ3) is 3.85. The minimum atomic E-state index is 0.945. The van der Waals surface area contributed by atoms with Gasteiger partial charge in [0.25, 0.3) is 0 Å². The zero-order chi connectivity index (χ0) is 14.4. The third-order valence-corrected chi connectivity index (χ3v) is 4.68. The van der Waals surface area contributed by atoms with Crippen molar-refractivity contribution in [3.05, 3.63) is 17.1 Å². The van der Waals surface area contributed by atoms with Gasteiger partial charge in [-0.05, 0) is 19.5 Å². The van der Waals surface area contributed by atoms with E-state index in [2.05, 4.69) is 31.0 Å². The molecule has 0 saturated carbocycles. The highest BCUT2D eigenvalue weighted by molar-refractivity contribution is 7.98. The average molecular weight is 294 g/mol. The molecule has 5 heteroatoms. The monoisotopic (exact) mass is 294 g/mol. The zero-order valence-corrected chi connectivity index (χ0v) is 13.7. The summed E-state index contributed by atoms with van der Waals surface area (Å²) in [4.78, 5) is 11.9. The lowest BCUT2D eigenvalue weighted by molar-refractivity contribution is 0.305. The predicted molar refractivity (Wildman–Crippen MR) is 87.3 cm³/mol. The van der Waals surface area contributed by atoms with Crippen molar-refractivity contribution < 1.29 is 0 Å². The summed E-state index contributed by atoms with van der Waals surface area (Å²) in [6.45, 7) is 10.8. The van der Waals surface area contributed by atoms with Crippen LogP contribution in [0.2, 0.25) is 0 Å². The number of anilines is 1. The van der Waals surface area contributed by atoms with E-state index in [1.54, 1.807) is 0 Å². The summed E-state index contributed by atoms with van der Waals surface area (Å²) in [6.07, 6.45) is 2.07. The molecule has 0 aliphatic carbocycles. The molecule has 1 aliphatic rings. The Kier molecular flexibility index (Phi) is 6.10. The van der Waals surface area contributed by atoms with Crippen LogP contribution in [0.1, 0.15) is 44.3 Å². The lowest BCUT2D eigenvalue weighted by atomic mass is 10.2. The van der Waals surface area contributed by atoms with E-state index < -0.39 is 0 Å². The molecular weight excluding hydrogens is 268 g/mol. The highest BCUT2D eigenvalue weighted by Gasteiger charge is 2.19. The van der Waals surface area contributed by atoms with Gasteiger partial charge >= 0.3 is 0 Å². The van der Waals surface area contributed by atoms with Crippen molar-refractivity contribution in [3.63, 3.8) is 0 Å². The minimum Gasteiger partial charge on any atom is -0.370 e. The van der Waals surface area contributed by atoms with Gasteiger partial charge in [0.2, 0.25) is 0 Å². The van der Waals surface area contributed by atoms with Crippen LogP contribution in [-0.4, -0.2) is 41.0 Å². The van der Waals surface area contributed by atoms with Gasteiger partial charge in [-0.15, -0.1) is 0 Å². The summed E-state index contributed by atoms with van der Waals surface area (Å²) in [5.74, 6) is 4.17. The fraction of sp³-hybridized carbons (Fsp3) is 0.733. The number of hydrogen-bond donors (Lipinski definition) is 1. The van der Waals surface area contributed by atoms with E-state index >= 15 is 0 Å². The second-order valence-corrected chi connectivity index (χ2v) is 6.10. The smallest absolute Gasteiger partial charge is 0.134 e. The van der Waals surface area contributed by atoms with Gasteiger partial charge < -0.3 is 10.2 Å². The largest absolute Gasteiger partial charge is 0.370 e. The molecule has 0 saturated heterocycles. The highest BCUT2D eigenvalue weighted by atomic mass is 32.2. The minimum absolute atomic E-state index is 0.945. The molecule has 2 heterocycles. The fourth-order valence-electron chi connectivity index (χ4n) is 2.40. The fourth-order valence-corrected chi connectivity index (χ4v) is 3.44. The number of fused-ring (bicyclic) bond motifs is 1. The lowest BCUT2D eigenvalue weighted by Crippen LogP contribution is -2.26. The highest BCUT2D eigenvalue weighted by Crippen LogP contribution is 2.32. The van der Waals surface area contributed by atoms with E-state index in [0.717, 1.165) is 62.2 Å². The van der Waals surface area contributed by atoms with E-state index in [0.29, 0.717) is 0 Å². The Morgan fingerprint density at radius 2 is 1.95 bits per heavy atom. The molecule has 1 aromatic rings.